The Morgan fingerprint density at radius 3 is 3.00 bits per heavy atom. The molecule has 0 saturated heterocycles. The first-order valence-corrected chi connectivity index (χ1v) is 8.10. The lowest BCUT2D eigenvalue weighted by atomic mass is 10.0. The normalized spacial score (nSPS) is 15.2. The van der Waals surface area contributed by atoms with E-state index in [-0.39, 0.29) is 0 Å². The molecule has 1 atom stereocenters. The molecule has 0 N–H and O–H groups in total. The Morgan fingerprint density at radius 2 is 2.17 bits per heavy atom. The van der Waals surface area contributed by atoms with E-state index in [0.717, 1.165) is 23.6 Å². The van der Waals surface area contributed by atoms with E-state index in [4.69, 9.17) is 4.74 Å². The molecule has 0 amide bonds. The number of hydrogen-bond donors (Lipinski definition) is 0. The molecule has 1 aromatic rings. The van der Waals surface area contributed by atoms with Gasteiger partial charge in [0, 0.05) is 11.2 Å². The average molecular weight is 311 g/mol. The second kappa shape index (κ2) is 7.18. The Bertz CT molecular complexity index is 375. The maximum absolute atomic E-state index is 5.53. The van der Waals surface area contributed by atoms with Crippen LogP contribution in [-0.2, 0) is 12.8 Å². The van der Waals surface area contributed by atoms with Crippen LogP contribution in [0.2, 0.25) is 0 Å². The van der Waals surface area contributed by atoms with Crippen LogP contribution in [0.25, 0.3) is 0 Å². The fourth-order valence-electron chi connectivity index (χ4n) is 2.55. The molecule has 1 nitrogen and oxygen atoms in total. The van der Waals surface area contributed by atoms with Gasteiger partial charge in [0.25, 0.3) is 0 Å². The summed E-state index contributed by atoms with van der Waals surface area (Å²) in [5, 5.41) is 0. The molecular weight excluding hydrogens is 288 g/mol. The number of halogens is 1. The molecule has 2 heteroatoms. The van der Waals surface area contributed by atoms with Gasteiger partial charge in [-0.25, -0.2) is 0 Å². The number of aryl methyl sites for hydroxylation is 1. The minimum Gasteiger partial charge on any atom is -0.493 e. The predicted molar refractivity (Wildman–Crippen MR) is 80.8 cm³/mol. The molecule has 18 heavy (non-hydrogen) atoms. The maximum Gasteiger partial charge on any atom is 0.122 e. The van der Waals surface area contributed by atoms with Crippen LogP contribution in [0.1, 0.15) is 50.2 Å². The number of rotatable bonds is 7. The Hall–Kier alpha value is -0.500. The number of ether oxygens (including phenoxy) is 1. The lowest BCUT2D eigenvalue weighted by Gasteiger charge is -2.08. The van der Waals surface area contributed by atoms with E-state index in [2.05, 4.69) is 41.1 Å². The molecule has 2 rings (SSSR count). The van der Waals surface area contributed by atoms with Gasteiger partial charge >= 0.3 is 0 Å². The average Bonchev–Trinajstić information content (AvgIpc) is 2.82. The quantitative estimate of drug-likeness (QED) is 0.514. The number of benzene rings is 1. The van der Waals surface area contributed by atoms with Gasteiger partial charge in [0.15, 0.2) is 0 Å². The fraction of sp³-hybridized carbons (Fsp3) is 0.625. The van der Waals surface area contributed by atoms with Crippen LogP contribution < -0.4 is 4.74 Å². The fourth-order valence-corrected chi connectivity index (χ4v) is 3.33. The maximum atomic E-state index is 5.53. The minimum absolute atomic E-state index is 0.718. The van der Waals surface area contributed by atoms with Crippen LogP contribution in [0.15, 0.2) is 18.2 Å². The highest BCUT2D eigenvalue weighted by Crippen LogP contribution is 2.26. The Kier molecular flexibility index (Phi) is 5.55. The van der Waals surface area contributed by atoms with Crippen molar-refractivity contribution in [2.45, 2.75) is 56.7 Å². The number of hydrogen-bond acceptors (Lipinski definition) is 1. The van der Waals surface area contributed by atoms with E-state index < -0.39 is 0 Å². The summed E-state index contributed by atoms with van der Waals surface area (Å²) in [5.74, 6) is 1.10. The second-order valence-electron chi connectivity index (χ2n) is 5.17. The van der Waals surface area contributed by atoms with Crippen LogP contribution >= 0.6 is 15.9 Å². The SMILES string of the molecule is CCCC(Br)CCCCc1ccc2c(c1)CCO2. The Balaban J connectivity index is 1.70. The zero-order valence-corrected chi connectivity index (χ0v) is 12.8. The van der Waals surface area contributed by atoms with E-state index in [1.165, 1.54) is 49.7 Å². The molecule has 1 aliphatic heterocycles. The first-order valence-electron chi connectivity index (χ1n) is 7.18. The summed E-state index contributed by atoms with van der Waals surface area (Å²) in [5.41, 5.74) is 2.87. The van der Waals surface area contributed by atoms with Gasteiger partial charge < -0.3 is 4.74 Å². The minimum atomic E-state index is 0.718. The molecular formula is C16H23BrO. The zero-order chi connectivity index (χ0) is 12.8. The lowest BCUT2D eigenvalue weighted by molar-refractivity contribution is 0.357. The highest BCUT2D eigenvalue weighted by atomic mass is 79.9. The van der Waals surface area contributed by atoms with Gasteiger partial charge in [-0.2, -0.15) is 0 Å². The molecule has 0 saturated carbocycles. The molecule has 0 aromatic heterocycles. The van der Waals surface area contributed by atoms with Crippen LogP contribution in [0.3, 0.4) is 0 Å². The molecule has 1 unspecified atom stereocenters. The van der Waals surface area contributed by atoms with Gasteiger partial charge in [0.05, 0.1) is 6.61 Å². The van der Waals surface area contributed by atoms with E-state index >= 15 is 0 Å². The van der Waals surface area contributed by atoms with Crippen molar-refractivity contribution in [3.8, 4) is 5.75 Å². The van der Waals surface area contributed by atoms with Crippen molar-refractivity contribution in [1.82, 2.24) is 0 Å². The predicted octanol–water partition coefficient (Wildman–Crippen LogP) is 4.90. The van der Waals surface area contributed by atoms with Crippen LogP contribution in [0.5, 0.6) is 5.75 Å². The topological polar surface area (TPSA) is 9.23 Å². The highest BCUT2D eigenvalue weighted by Gasteiger charge is 2.11. The van der Waals surface area contributed by atoms with Crippen molar-refractivity contribution in [1.29, 1.82) is 0 Å². The summed E-state index contributed by atoms with van der Waals surface area (Å²) < 4.78 is 5.53. The van der Waals surface area contributed by atoms with Crippen LogP contribution in [0.4, 0.5) is 0 Å². The van der Waals surface area contributed by atoms with Gasteiger partial charge in [-0.1, -0.05) is 47.8 Å². The molecule has 0 spiro atoms. The lowest BCUT2D eigenvalue weighted by Crippen LogP contribution is -1.97. The number of alkyl halides is 1. The molecule has 1 aliphatic rings. The summed E-state index contributed by atoms with van der Waals surface area (Å²) in [6, 6.07) is 6.70. The third kappa shape index (κ3) is 4.01. The van der Waals surface area contributed by atoms with E-state index in [1.807, 2.05) is 0 Å². The third-order valence-corrected chi connectivity index (χ3v) is 4.50. The Morgan fingerprint density at radius 1 is 1.28 bits per heavy atom. The Labute approximate surface area is 119 Å². The van der Waals surface area contributed by atoms with E-state index in [1.54, 1.807) is 0 Å². The summed E-state index contributed by atoms with van der Waals surface area (Å²) in [4.78, 5) is 0.718. The largest absolute Gasteiger partial charge is 0.493 e. The summed E-state index contributed by atoms with van der Waals surface area (Å²) in [6.45, 7) is 3.11. The van der Waals surface area contributed by atoms with Crippen LogP contribution in [-0.4, -0.2) is 11.4 Å². The van der Waals surface area contributed by atoms with Crippen molar-refractivity contribution >= 4 is 15.9 Å². The van der Waals surface area contributed by atoms with E-state index in [0.29, 0.717) is 0 Å². The van der Waals surface area contributed by atoms with E-state index in [9.17, 15) is 0 Å². The zero-order valence-electron chi connectivity index (χ0n) is 11.3. The third-order valence-electron chi connectivity index (χ3n) is 3.59. The van der Waals surface area contributed by atoms with Gasteiger partial charge in [0.2, 0.25) is 0 Å². The highest BCUT2D eigenvalue weighted by molar-refractivity contribution is 9.09. The summed E-state index contributed by atoms with van der Waals surface area (Å²) in [7, 11) is 0. The van der Waals surface area contributed by atoms with Gasteiger partial charge in [0.1, 0.15) is 5.75 Å². The molecule has 0 bridgehead atoms. The number of unbranched alkanes of at least 4 members (excludes halogenated alkanes) is 1. The molecule has 100 valence electrons. The molecule has 0 fully saturated rings. The number of fused-ring (bicyclic) bond motifs is 1. The monoisotopic (exact) mass is 310 g/mol. The molecule has 0 aliphatic carbocycles. The van der Waals surface area contributed by atoms with Crippen molar-refractivity contribution in [2.75, 3.05) is 6.61 Å². The standard InChI is InChI=1S/C16H23BrO/c1-2-5-15(17)7-4-3-6-13-8-9-16-14(12-13)10-11-18-16/h8-9,12,15H,2-7,10-11H2,1H3. The summed E-state index contributed by atoms with van der Waals surface area (Å²) in [6.07, 6.45) is 8.80. The molecule has 1 aromatic carbocycles. The first kappa shape index (κ1) is 13.9. The van der Waals surface area contributed by atoms with Gasteiger partial charge in [-0.15, -0.1) is 0 Å². The van der Waals surface area contributed by atoms with Crippen molar-refractivity contribution in [3.63, 3.8) is 0 Å². The molecule has 1 heterocycles. The summed E-state index contributed by atoms with van der Waals surface area (Å²) >= 11 is 3.75. The van der Waals surface area contributed by atoms with Crippen LogP contribution in [0, 0.1) is 0 Å². The molecule has 0 radical (unpaired) electrons. The first-order chi connectivity index (χ1) is 8.79. The van der Waals surface area contributed by atoms with Gasteiger partial charge in [-0.3, -0.25) is 0 Å². The smallest absolute Gasteiger partial charge is 0.122 e. The second-order valence-corrected chi connectivity index (χ2v) is 6.47. The van der Waals surface area contributed by atoms with Gasteiger partial charge in [-0.05, 0) is 42.9 Å². The van der Waals surface area contributed by atoms with Crippen molar-refractivity contribution in [2.24, 2.45) is 0 Å². The van der Waals surface area contributed by atoms with Crippen molar-refractivity contribution < 1.29 is 4.74 Å². The van der Waals surface area contributed by atoms with Crippen molar-refractivity contribution in [3.05, 3.63) is 29.3 Å².